The second kappa shape index (κ2) is 8.58. The van der Waals surface area contributed by atoms with E-state index in [0.717, 1.165) is 49.9 Å². The summed E-state index contributed by atoms with van der Waals surface area (Å²) in [6.45, 7) is 4.24. The number of amides is 1. The lowest BCUT2D eigenvalue weighted by atomic mass is 10.2. The van der Waals surface area contributed by atoms with Crippen molar-refractivity contribution < 1.29 is 13.6 Å². The average Bonchev–Trinajstić information content (AvgIpc) is 2.61. The van der Waals surface area contributed by atoms with Gasteiger partial charge in [0.1, 0.15) is 11.6 Å². The highest BCUT2D eigenvalue weighted by atomic mass is 35.5. The van der Waals surface area contributed by atoms with Gasteiger partial charge >= 0.3 is 0 Å². The van der Waals surface area contributed by atoms with Crippen molar-refractivity contribution in [3.63, 3.8) is 0 Å². The third kappa shape index (κ3) is 5.24. The monoisotopic (exact) mass is 379 g/mol. The van der Waals surface area contributed by atoms with Gasteiger partial charge in [-0.05, 0) is 29.8 Å². The van der Waals surface area contributed by atoms with Gasteiger partial charge in [0.05, 0.1) is 12.2 Å². The van der Waals surface area contributed by atoms with Crippen molar-refractivity contribution in [3.8, 4) is 0 Å². The molecule has 0 unspecified atom stereocenters. The first-order valence-corrected chi connectivity index (χ1v) is 8.81. The number of halogens is 3. The van der Waals surface area contributed by atoms with Crippen LogP contribution in [0.2, 0.25) is 5.02 Å². The van der Waals surface area contributed by atoms with Gasteiger partial charge in [0.25, 0.3) is 0 Å². The predicted octanol–water partition coefficient (Wildman–Crippen LogP) is 3.37. The van der Waals surface area contributed by atoms with Crippen LogP contribution in [-0.2, 0) is 11.3 Å². The molecular weight excluding hydrogens is 360 g/mol. The number of piperazine rings is 1. The van der Waals surface area contributed by atoms with Gasteiger partial charge < -0.3 is 5.32 Å². The summed E-state index contributed by atoms with van der Waals surface area (Å²) in [5.41, 5.74) is 1.20. The number of anilines is 1. The molecule has 0 radical (unpaired) electrons. The molecule has 138 valence electrons. The first kappa shape index (κ1) is 18.8. The lowest BCUT2D eigenvalue weighted by molar-refractivity contribution is -0.117. The Bertz CT molecular complexity index is 762. The van der Waals surface area contributed by atoms with Crippen LogP contribution in [0.5, 0.6) is 0 Å². The van der Waals surface area contributed by atoms with Crippen molar-refractivity contribution in [3.05, 3.63) is 64.7 Å². The number of hydrogen-bond acceptors (Lipinski definition) is 3. The highest BCUT2D eigenvalue weighted by Gasteiger charge is 2.19. The van der Waals surface area contributed by atoms with E-state index >= 15 is 0 Å². The van der Waals surface area contributed by atoms with E-state index in [1.807, 2.05) is 29.2 Å². The van der Waals surface area contributed by atoms with E-state index in [1.54, 1.807) is 0 Å². The van der Waals surface area contributed by atoms with Gasteiger partial charge in [0.2, 0.25) is 5.91 Å². The van der Waals surface area contributed by atoms with Gasteiger partial charge in [0, 0.05) is 43.8 Å². The molecule has 2 aromatic rings. The molecule has 1 N–H and O–H groups in total. The van der Waals surface area contributed by atoms with Crippen LogP contribution in [0.15, 0.2) is 42.5 Å². The molecule has 3 rings (SSSR count). The molecule has 0 saturated carbocycles. The summed E-state index contributed by atoms with van der Waals surface area (Å²) >= 11 is 5.90. The van der Waals surface area contributed by atoms with E-state index in [-0.39, 0.29) is 18.1 Å². The number of nitrogens with zero attached hydrogens (tertiary/aromatic N) is 2. The first-order chi connectivity index (χ1) is 12.5. The largest absolute Gasteiger partial charge is 0.322 e. The molecule has 1 aliphatic heterocycles. The zero-order valence-corrected chi connectivity index (χ0v) is 15.0. The van der Waals surface area contributed by atoms with Gasteiger partial charge in [-0.2, -0.15) is 0 Å². The third-order valence-electron chi connectivity index (χ3n) is 4.36. The Labute approximate surface area is 156 Å². The molecule has 1 aliphatic rings. The molecule has 1 fully saturated rings. The predicted molar refractivity (Wildman–Crippen MR) is 98.2 cm³/mol. The van der Waals surface area contributed by atoms with Crippen LogP contribution in [0.4, 0.5) is 14.5 Å². The molecular formula is C19H20ClF2N3O. The minimum Gasteiger partial charge on any atom is -0.322 e. The summed E-state index contributed by atoms with van der Waals surface area (Å²) in [6, 6.07) is 10.9. The number of rotatable bonds is 5. The van der Waals surface area contributed by atoms with E-state index < -0.39 is 11.6 Å². The normalized spacial score (nSPS) is 15.8. The van der Waals surface area contributed by atoms with Crippen molar-refractivity contribution in [2.75, 3.05) is 38.0 Å². The van der Waals surface area contributed by atoms with Crippen molar-refractivity contribution in [2.45, 2.75) is 6.54 Å². The molecule has 7 heteroatoms. The maximum absolute atomic E-state index is 13.6. The van der Waals surface area contributed by atoms with E-state index in [0.29, 0.717) is 0 Å². The zero-order valence-electron chi connectivity index (χ0n) is 14.2. The fourth-order valence-electron chi connectivity index (χ4n) is 2.94. The molecule has 1 amide bonds. The Morgan fingerprint density at radius 1 is 1.00 bits per heavy atom. The molecule has 26 heavy (non-hydrogen) atoms. The summed E-state index contributed by atoms with van der Waals surface area (Å²) in [5, 5.41) is 3.22. The fraction of sp³-hybridized carbons (Fsp3) is 0.316. The highest BCUT2D eigenvalue weighted by molar-refractivity contribution is 6.30. The zero-order chi connectivity index (χ0) is 18.5. The number of nitrogens with one attached hydrogen (secondary N) is 1. The third-order valence-corrected chi connectivity index (χ3v) is 4.61. The van der Waals surface area contributed by atoms with Crippen LogP contribution in [-0.4, -0.2) is 48.4 Å². The minimum absolute atomic E-state index is 0.00206. The van der Waals surface area contributed by atoms with E-state index in [1.165, 1.54) is 11.6 Å². The van der Waals surface area contributed by atoms with Gasteiger partial charge in [-0.25, -0.2) is 8.78 Å². The van der Waals surface area contributed by atoms with E-state index in [4.69, 9.17) is 11.6 Å². The minimum atomic E-state index is -0.772. The second-order valence-corrected chi connectivity index (χ2v) is 6.79. The number of carbonyl (C=O) groups excluding carboxylic acids is 1. The SMILES string of the molecule is O=C(CN1CCN(Cc2ccc(Cl)cc2)CC1)Nc1ccc(F)cc1F. The van der Waals surface area contributed by atoms with Crippen molar-refractivity contribution >= 4 is 23.2 Å². The Balaban J connectivity index is 1.44. The van der Waals surface area contributed by atoms with E-state index in [9.17, 15) is 13.6 Å². The summed E-state index contributed by atoms with van der Waals surface area (Å²) < 4.78 is 26.5. The van der Waals surface area contributed by atoms with Crippen LogP contribution in [0.1, 0.15) is 5.56 Å². The molecule has 0 spiro atoms. The van der Waals surface area contributed by atoms with Gasteiger partial charge in [-0.15, -0.1) is 0 Å². The van der Waals surface area contributed by atoms with Crippen molar-refractivity contribution in [1.82, 2.24) is 9.80 Å². The molecule has 0 bridgehead atoms. The number of hydrogen-bond donors (Lipinski definition) is 1. The summed E-state index contributed by atoms with van der Waals surface area (Å²) in [4.78, 5) is 16.4. The maximum atomic E-state index is 13.6. The Morgan fingerprint density at radius 3 is 2.31 bits per heavy atom. The van der Waals surface area contributed by atoms with Crippen LogP contribution < -0.4 is 5.32 Å². The van der Waals surface area contributed by atoms with Crippen molar-refractivity contribution in [2.24, 2.45) is 0 Å². The van der Waals surface area contributed by atoms with Gasteiger partial charge in [-0.3, -0.25) is 14.6 Å². The standard InChI is InChI=1S/C19H20ClF2N3O/c20-15-3-1-14(2-4-15)12-24-7-9-25(10-8-24)13-19(26)23-18-6-5-16(21)11-17(18)22/h1-6,11H,7-10,12-13H2,(H,23,26). The highest BCUT2D eigenvalue weighted by Crippen LogP contribution is 2.15. The van der Waals surface area contributed by atoms with Crippen LogP contribution in [0.25, 0.3) is 0 Å². The lowest BCUT2D eigenvalue weighted by Gasteiger charge is -2.34. The van der Waals surface area contributed by atoms with Crippen LogP contribution >= 0.6 is 11.6 Å². The molecule has 0 atom stereocenters. The average molecular weight is 380 g/mol. The Hall–Kier alpha value is -2.02. The smallest absolute Gasteiger partial charge is 0.238 e. The summed E-state index contributed by atoms with van der Waals surface area (Å²) in [5.74, 6) is -1.75. The van der Waals surface area contributed by atoms with E-state index in [2.05, 4.69) is 10.2 Å². The number of benzene rings is 2. The summed E-state index contributed by atoms with van der Waals surface area (Å²) in [7, 11) is 0. The number of carbonyl (C=O) groups is 1. The maximum Gasteiger partial charge on any atom is 0.238 e. The molecule has 2 aromatic carbocycles. The van der Waals surface area contributed by atoms with Gasteiger partial charge in [-0.1, -0.05) is 23.7 Å². The fourth-order valence-corrected chi connectivity index (χ4v) is 3.06. The molecule has 0 aliphatic carbocycles. The van der Waals surface area contributed by atoms with Crippen LogP contribution in [0, 0.1) is 11.6 Å². The Morgan fingerprint density at radius 2 is 1.65 bits per heavy atom. The first-order valence-electron chi connectivity index (χ1n) is 8.43. The summed E-state index contributed by atoms with van der Waals surface area (Å²) in [6.07, 6.45) is 0. The van der Waals surface area contributed by atoms with Crippen molar-refractivity contribution in [1.29, 1.82) is 0 Å². The van der Waals surface area contributed by atoms with Crippen LogP contribution in [0.3, 0.4) is 0 Å². The quantitative estimate of drug-likeness (QED) is 0.865. The molecule has 1 heterocycles. The molecule has 4 nitrogen and oxygen atoms in total. The Kier molecular flexibility index (Phi) is 6.19. The lowest BCUT2D eigenvalue weighted by Crippen LogP contribution is -2.48. The topological polar surface area (TPSA) is 35.6 Å². The molecule has 1 saturated heterocycles. The molecule has 0 aromatic heterocycles. The second-order valence-electron chi connectivity index (χ2n) is 6.35. The van der Waals surface area contributed by atoms with Gasteiger partial charge in [0.15, 0.2) is 0 Å².